The summed E-state index contributed by atoms with van der Waals surface area (Å²) >= 11 is 7.51. The minimum absolute atomic E-state index is 0.351. The van der Waals surface area contributed by atoms with Crippen LogP contribution >= 0.6 is 39.0 Å². The number of nitrogens with zero attached hydrogens (tertiary/aromatic N) is 8. The maximum Gasteiger partial charge on any atom is 0.582 e. The predicted molar refractivity (Wildman–Crippen MR) is 174 cm³/mol. The van der Waals surface area contributed by atoms with Crippen molar-refractivity contribution in [2.75, 3.05) is 36.9 Å². The van der Waals surface area contributed by atoms with Crippen molar-refractivity contribution in [1.29, 1.82) is 0 Å². The third-order valence-corrected chi connectivity index (χ3v) is 9.03. The van der Waals surface area contributed by atoms with Crippen LogP contribution in [0.1, 0.15) is 12.5 Å². The third kappa shape index (κ3) is 7.02. The monoisotopic (exact) mass is 744 g/mol. The van der Waals surface area contributed by atoms with E-state index in [9.17, 15) is 29.6 Å². The van der Waals surface area contributed by atoms with E-state index >= 15 is 0 Å². The predicted octanol–water partition coefficient (Wildman–Crippen LogP) is 0.492. The normalized spacial score (nSPS) is 28.1. The first-order valence-electron chi connectivity index (χ1n) is 14.2. The molecule has 6 N–H and O–H groups in total. The summed E-state index contributed by atoms with van der Waals surface area (Å²) in [6.07, 6.45) is 0.571. The molecule has 256 valence electrons. The van der Waals surface area contributed by atoms with E-state index in [1.165, 1.54) is 34.4 Å². The maximum absolute atomic E-state index is 11.7. The molecule has 24 heteroatoms. The molecule has 48 heavy (non-hydrogen) atoms. The van der Waals surface area contributed by atoms with E-state index in [1.54, 1.807) is 0 Å². The highest BCUT2D eigenvalue weighted by Crippen LogP contribution is 2.42. The number of fused-ring (bicyclic) bond motifs is 2. The lowest BCUT2D eigenvalue weighted by atomic mass is 10.1. The van der Waals surface area contributed by atoms with Crippen molar-refractivity contribution in [3.05, 3.63) is 37.5 Å². The molecule has 4 aromatic heterocycles. The first-order chi connectivity index (χ1) is 23.2. The molecule has 0 aliphatic carbocycles. The zero-order valence-corrected chi connectivity index (χ0v) is 28.1. The highest BCUT2D eigenvalue weighted by Gasteiger charge is 2.51. The fourth-order valence-electron chi connectivity index (χ4n) is 5.45. The van der Waals surface area contributed by atoms with Gasteiger partial charge in [-0.05, 0) is 9.13 Å². The molecule has 2 aliphatic rings. The molecular weight excluding hydrogens is 714 g/mol. The molecule has 0 aromatic carbocycles. The molecule has 0 spiro atoms. The van der Waals surface area contributed by atoms with Crippen LogP contribution in [0.25, 0.3) is 22.3 Å². The SMILES string of the molecule is O=[P+](S)OC1C(n2cnc3c(NC/C=C/CNc4ncnc5c4ncn5[C@@H]4O[C@H](CO)[C@@H](O[P+](=O)S)[C@H]4O)ncnc32)O[C@H](CO)[C@H]1O. The van der Waals surface area contributed by atoms with Gasteiger partial charge in [0.05, 0.1) is 25.9 Å². The van der Waals surface area contributed by atoms with Crippen LogP contribution in [-0.4, -0.2) is 122 Å². The number of imidazole rings is 2. The van der Waals surface area contributed by atoms with Crippen LogP contribution in [0.15, 0.2) is 37.5 Å². The van der Waals surface area contributed by atoms with Crippen LogP contribution in [0.2, 0.25) is 0 Å². The van der Waals surface area contributed by atoms with E-state index < -0.39 is 76.8 Å². The van der Waals surface area contributed by atoms with Gasteiger partial charge in [-0.1, -0.05) is 12.2 Å². The number of aliphatic hydroxyl groups is 4. The van der Waals surface area contributed by atoms with Crippen molar-refractivity contribution < 1.29 is 48.1 Å². The lowest BCUT2D eigenvalue weighted by Gasteiger charge is -2.16. The summed E-state index contributed by atoms with van der Waals surface area (Å²) in [5.74, 6) is 0.840. The Bertz CT molecular complexity index is 1820. The van der Waals surface area contributed by atoms with E-state index in [2.05, 4.69) is 65.0 Å². The lowest BCUT2D eigenvalue weighted by molar-refractivity contribution is -0.0502. The van der Waals surface area contributed by atoms with Gasteiger partial charge in [0.15, 0.2) is 58.6 Å². The number of aromatic nitrogens is 8. The summed E-state index contributed by atoms with van der Waals surface area (Å²) in [5, 5.41) is 46.8. The molecule has 0 amide bonds. The average molecular weight is 745 g/mol. The van der Waals surface area contributed by atoms with Gasteiger partial charge in [0.25, 0.3) is 0 Å². The van der Waals surface area contributed by atoms with Crippen LogP contribution in [0.3, 0.4) is 0 Å². The zero-order chi connectivity index (χ0) is 33.9. The summed E-state index contributed by atoms with van der Waals surface area (Å²) in [6.45, 7) is -0.239. The van der Waals surface area contributed by atoms with Crippen LogP contribution < -0.4 is 10.6 Å². The Morgan fingerprint density at radius 2 is 1.25 bits per heavy atom. The first kappa shape index (κ1) is 34.9. The Hall–Kier alpha value is -2.98. The van der Waals surface area contributed by atoms with Crippen LogP contribution in [0.4, 0.5) is 11.6 Å². The molecular formula is C24H30N10O10P2S2+2. The second-order valence-corrected chi connectivity index (χ2v) is 13.8. The Kier molecular flexibility index (Phi) is 11.1. The van der Waals surface area contributed by atoms with Gasteiger partial charge in [0.1, 0.15) is 61.6 Å². The molecule has 2 fully saturated rings. The van der Waals surface area contributed by atoms with Gasteiger partial charge in [0.2, 0.25) is 0 Å². The lowest BCUT2D eigenvalue weighted by Crippen LogP contribution is -2.34. The summed E-state index contributed by atoms with van der Waals surface area (Å²) in [5.41, 5.74) is 1.51. The molecule has 6 rings (SSSR count). The van der Waals surface area contributed by atoms with Crippen molar-refractivity contribution in [3.8, 4) is 0 Å². The van der Waals surface area contributed by atoms with E-state index in [0.29, 0.717) is 47.1 Å². The number of anilines is 2. The fourth-order valence-corrected chi connectivity index (χ4v) is 7.01. The minimum atomic E-state index is -2.38. The molecule has 20 nitrogen and oxygen atoms in total. The van der Waals surface area contributed by atoms with Crippen molar-refractivity contribution in [2.24, 2.45) is 0 Å². The summed E-state index contributed by atoms with van der Waals surface area (Å²) in [4.78, 5) is 25.8. The third-order valence-electron chi connectivity index (χ3n) is 7.61. The largest absolute Gasteiger partial charge is 0.582 e. The van der Waals surface area contributed by atoms with Gasteiger partial charge in [-0.25, -0.2) is 29.9 Å². The van der Waals surface area contributed by atoms with E-state index in [-0.39, 0.29) is 0 Å². The van der Waals surface area contributed by atoms with Crippen molar-refractivity contribution in [2.45, 2.75) is 49.1 Å². The Labute approximate surface area is 283 Å². The highest BCUT2D eigenvalue weighted by molar-refractivity contribution is 8.39. The van der Waals surface area contributed by atoms with E-state index in [4.69, 9.17) is 18.5 Å². The second-order valence-electron chi connectivity index (χ2n) is 10.4. The number of nitrogens with one attached hydrogen (secondary N) is 2. The molecule has 4 unspecified atom stereocenters. The van der Waals surface area contributed by atoms with E-state index in [1.807, 2.05) is 12.2 Å². The van der Waals surface area contributed by atoms with Crippen LogP contribution in [-0.2, 0) is 27.7 Å². The summed E-state index contributed by atoms with van der Waals surface area (Å²) < 4.78 is 48.1. The number of thiol groups is 2. The number of hydrogen-bond donors (Lipinski definition) is 8. The molecule has 0 saturated carbocycles. The fraction of sp³-hybridized carbons (Fsp3) is 0.500. The number of aliphatic hydroxyl groups excluding tert-OH is 4. The average Bonchev–Trinajstić information content (AvgIpc) is 3.83. The quantitative estimate of drug-likeness (QED) is 0.0496. The van der Waals surface area contributed by atoms with E-state index in [0.717, 1.165) is 0 Å². The topological polar surface area (TPSA) is 263 Å². The molecule has 0 radical (unpaired) electrons. The number of rotatable bonds is 14. The van der Waals surface area contributed by atoms with Gasteiger partial charge >= 0.3 is 14.5 Å². The standard InChI is InChI=1S/C24H28N10O10P2S2/c35-5-11-15(37)18(44-46(40)48)24(41-11)34-10-32-14-20(28-8-30-22(14)34)26-4-2-1-3-25-19-13-21(29-7-27-19)33(9-31-13)23-16(38)17(43-45(39)47)12(6-36)42-23/h1-2,7-12,15-18,23-24,35-38H,3-6H2,(H2-2,25,26,27,28,29,30,39,40,47,48)/p+2/b2-1+/t11-,12-,15-,16-,17-,18?,23-,24?/m1/s1. The summed E-state index contributed by atoms with van der Waals surface area (Å²) in [6, 6.07) is 0. The smallest absolute Gasteiger partial charge is 0.394 e. The molecule has 4 aromatic rings. The maximum atomic E-state index is 11.7. The summed E-state index contributed by atoms with van der Waals surface area (Å²) in [7, 11) is -4.73. The molecule has 2 saturated heterocycles. The van der Waals surface area contributed by atoms with Gasteiger partial charge in [-0.2, -0.15) is 0 Å². The highest BCUT2D eigenvalue weighted by atomic mass is 32.7. The number of hydrogen-bond acceptors (Lipinski definition) is 18. The molecule has 0 bridgehead atoms. The Morgan fingerprint density at radius 3 is 1.77 bits per heavy atom. The van der Waals surface area contributed by atoms with Crippen molar-refractivity contribution >= 4 is 72.9 Å². The molecule has 10 atom stereocenters. The minimum Gasteiger partial charge on any atom is -0.394 e. The van der Waals surface area contributed by atoms with Gasteiger partial charge < -0.3 is 40.5 Å². The van der Waals surface area contributed by atoms with Gasteiger partial charge in [-0.3, -0.25) is 9.13 Å². The Balaban J connectivity index is 1.08. The second kappa shape index (κ2) is 15.3. The first-order valence-corrected chi connectivity index (χ1v) is 18.9. The van der Waals surface area contributed by atoms with Gasteiger partial charge in [-0.15, -0.1) is 9.05 Å². The molecule has 2 aliphatic heterocycles. The van der Waals surface area contributed by atoms with Crippen molar-refractivity contribution in [1.82, 2.24) is 39.0 Å². The van der Waals surface area contributed by atoms with Crippen LogP contribution in [0, 0.1) is 0 Å². The Morgan fingerprint density at radius 1 is 0.750 bits per heavy atom. The van der Waals surface area contributed by atoms with Crippen LogP contribution in [0.5, 0.6) is 0 Å². The zero-order valence-electron chi connectivity index (χ0n) is 24.5. The van der Waals surface area contributed by atoms with Gasteiger partial charge in [0, 0.05) is 13.1 Å². The van der Waals surface area contributed by atoms with Crippen molar-refractivity contribution in [3.63, 3.8) is 0 Å². The molecule has 6 heterocycles. The number of ether oxygens (including phenoxy) is 2.